The van der Waals surface area contributed by atoms with E-state index in [0.717, 1.165) is 12.1 Å². The molecule has 1 N–H and O–H groups in total. The number of halogens is 3. The Bertz CT molecular complexity index is 911. The first-order valence-electron chi connectivity index (χ1n) is 9.06. The molecule has 0 atom stereocenters. The van der Waals surface area contributed by atoms with E-state index in [1.807, 2.05) is 0 Å². The molecule has 10 nitrogen and oxygen atoms in total. The molecule has 0 spiro atoms. The molecular weight excluding hydrogens is 439 g/mol. The number of ether oxygens (including phenoxy) is 4. The molecular formula is C19H20F3N3O7. The van der Waals surface area contributed by atoms with Crippen molar-refractivity contribution in [2.75, 3.05) is 26.1 Å². The van der Waals surface area contributed by atoms with Gasteiger partial charge in [0.05, 0.1) is 45.0 Å². The van der Waals surface area contributed by atoms with Crippen LogP contribution in [0.15, 0.2) is 36.7 Å². The van der Waals surface area contributed by atoms with Gasteiger partial charge in [-0.05, 0) is 24.3 Å². The van der Waals surface area contributed by atoms with Crippen LogP contribution >= 0.6 is 0 Å². The minimum absolute atomic E-state index is 0.141. The van der Waals surface area contributed by atoms with E-state index < -0.39 is 42.6 Å². The fraction of sp³-hybridized carbons (Fsp3) is 0.368. The molecule has 0 radical (unpaired) electrons. The minimum atomic E-state index is -4.81. The van der Waals surface area contributed by atoms with E-state index in [0.29, 0.717) is 0 Å². The number of nitrogens with zero attached hydrogens (tertiary/aromatic N) is 2. The summed E-state index contributed by atoms with van der Waals surface area (Å²) >= 11 is 0. The smallest absolute Gasteiger partial charge is 0.484 e. The SMILES string of the molecule is COC(=O)CC(CC(=O)OC)n1cc(NC(=O)COc2ccc(OC(F)(F)F)cc2)cn1. The number of rotatable bonds is 10. The van der Waals surface area contributed by atoms with Crippen LogP contribution in [0.3, 0.4) is 0 Å². The number of aromatic nitrogens is 2. The summed E-state index contributed by atoms with van der Waals surface area (Å²) in [6.45, 7) is -0.432. The van der Waals surface area contributed by atoms with Crippen LogP contribution in [0.4, 0.5) is 18.9 Å². The molecule has 0 bridgehead atoms. The first kappa shape index (κ1) is 24.5. The monoisotopic (exact) mass is 459 g/mol. The van der Waals surface area contributed by atoms with E-state index >= 15 is 0 Å². The van der Waals surface area contributed by atoms with Crippen molar-refractivity contribution in [3.63, 3.8) is 0 Å². The Morgan fingerprint density at radius 2 is 1.59 bits per heavy atom. The lowest BCUT2D eigenvalue weighted by Gasteiger charge is -2.15. The van der Waals surface area contributed by atoms with Gasteiger partial charge in [-0.25, -0.2) is 0 Å². The summed E-state index contributed by atoms with van der Waals surface area (Å²) in [4.78, 5) is 35.3. The molecule has 0 fully saturated rings. The summed E-state index contributed by atoms with van der Waals surface area (Å²) in [6.07, 6.45) is -2.37. The predicted molar refractivity (Wildman–Crippen MR) is 102 cm³/mol. The molecule has 2 rings (SSSR count). The normalized spacial score (nSPS) is 11.1. The Hall–Kier alpha value is -3.77. The van der Waals surface area contributed by atoms with Crippen LogP contribution in [-0.4, -0.2) is 54.8 Å². The van der Waals surface area contributed by atoms with Gasteiger partial charge in [0.15, 0.2) is 6.61 Å². The Balaban J connectivity index is 1.92. The van der Waals surface area contributed by atoms with Gasteiger partial charge in [0.2, 0.25) is 0 Å². The maximum atomic E-state index is 12.2. The van der Waals surface area contributed by atoms with Crippen molar-refractivity contribution in [2.45, 2.75) is 25.2 Å². The number of hydrogen-bond donors (Lipinski definition) is 1. The van der Waals surface area contributed by atoms with Gasteiger partial charge in [-0.15, -0.1) is 13.2 Å². The Labute approximate surface area is 180 Å². The zero-order chi connectivity index (χ0) is 23.7. The molecule has 0 aliphatic heterocycles. The largest absolute Gasteiger partial charge is 0.573 e. The molecule has 0 aliphatic rings. The first-order valence-corrected chi connectivity index (χ1v) is 9.06. The second-order valence-electron chi connectivity index (χ2n) is 6.28. The Kier molecular flexibility index (Phi) is 8.44. The molecule has 1 aromatic heterocycles. The highest BCUT2D eigenvalue weighted by Crippen LogP contribution is 2.25. The highest BCUT2D eigenvalue weighted by molar-refractivity contribution is 5.91. The van der Waals surface area contributed by atoms with Gasteiger partial charge >= 0.3 is 18.3 Å². The van der Waals surface area contributed by atoms with Gasteiger partial charge < -0.3 is 24.3 Å². The number of hydrogen-bond acceptors (Lipinski definition) is 8. The summed E-state index contributed by atoms with van der Waals surface area (Å²) in [7, 11) is 2.42. The summed E-state index contributed by atoms with van der Waals surface area (Å²) < 4.78 is 56.0. The number of benzene rings is 1. The number of alkyl halides is 3. The van der Waals surface area contributed by atoms with E-state index in [9.17, 15) is 27.6 Å². The van der Waals surface area contributed by atoms with Crippen molar-refractivity contribution in [1.29, 1.82) is 0 Å². The lowest BCUT2D eigenvalue weighted by atomic mass is 10.1. The highest BCUT2D eigenvalue weighted by Gasteiger charge is 2.31. The van der Waals surface area contributed by atoms with Gasteiger partial charge in [-0.1, -0.05) is 0 Å². The van der Waals surface area contributed by atoms with Gasteiger partial charge in [-0.3, -0.25) is 19.1 Å². The topological polar surface area (TPSA) is 118 Å². The minimum Gasteiger partial charge on any atom is -0.484 e. The average molecular weight is 459 g/mol. The second-order valence-corrected chi connectivity index (χ2v) is 6.28. The zero-order valence-electron chi connectivity index (χ0n) is 17.0. The quantitative estimate of drug-likeness (QED) is 0.539. The lowest BCUT2D eigenvalue weighted by Crippen LogP contribution is -2.21. The van der Waals surface area contributed by atoms with E-state index in [2.05, 4.69) is 24.6 Å². The summed E-state index contributed by atoms with van der Waals surface area (Å²) in [5.74, 6) is -1.95. The van der Waals surface area contributed by atoms with Crippen LogP contribution in [0.2, 0.25) is 0 Å². The van der Waals surface area contributed by atoms with Crippen LogP contribution in [0.1, 0.15) is 18.9 Å². The van der Waals surface area contributed by atoms with Crippen LogP contribution in [-0.2, 0) is 23.9 Å². The molecule has 0 saturated carbocycles. The van der Waals surface area contributed by atoms with Crippen LogP contribution < -0.4 is 14.8 Å². The summed E-state index contributed by atoms with van der Waals surface area (Å²) in [6, 6.07) is 3.85. The fourth-order valence-electron chi connectivity index (χ4n) is 2.50. The third-order valence-electron chi connectivity index (χ3n) is 3.95. The first-order chi connectivity index (χ1) is 15.1. The predicted octanol–water partition coefficient (Wildman–Crippen LogP) is 2.47. The molecule has 32 heavy (non-hydrogen) atoms. The van der Waals surface area contributed by atoms with Crippen molar-refractivity contribution in [3.05, 3.63) is 36.7 Å². The zero-order valence-corrected chi connectivity index (χ0v) is 17.0. The third-order valence-corrected chi connectivity index (χ3v) is 3.95. The molecule has 0 aliphatic carbocycles. The van der Waals surface area contributed by atoms with Crippen LogP contribution in [0, 0.1) is 0 Å². The Morgan fingerprint density at radius 3 is 2.12 bits per heavy atom. The maximum absolute atomic E-state index is 12.2. The number of esters is 2. The second kappa shape index (κ2) is 11.0. The van der Waals surface area contributed by atoms with Crippen molar-refractivity contribution >= 4 is 23.5 Å². The molecule has 174 valence electrons. The number of methoxy groups -OCH3 is 2. The molecule has 0 unspecified atom stereocenters. The number of amides is 1. The highest BCUT2D eigenvalue weighted by atomic mass is 19.4. The molecule has 2 aromatic rings. The molecule has 1 aromatic carbocycles. The number of carbonyl (C=O) groups is 3. The maximum Gasteiger partial charge on any atom is 0.573 e. The molecule has 13 heteroatoms. The van der Waals surface area contributed by atoms with Crippen molar-refractivity contribution in [3.8, 4) is 11.5 Å². The lowest BCUT2D eigenvalue weighted by molar-refractivity contribution is -0.274. The average Bonchev–Trinajstić information content (AvgIpc) is 3.19. The third kappa shape index (κ3) is 8.16. The summed E-state index contributed by atoms with van der Waals surface area (Å²) in [5.41, 5.74) is 0.271. The number of anilines is 1. The number of nitrogens with one attached hydrogen (secondary N) is 1. The van der Waals surface area contributed by atoms with Crippen molar-refractivity contribution in [1.82, 2.24) is 9.78 Å². The molecule has 1 amide bonds. The fourth-order valence-corrected chi connectivity index (χ4v) is 2.50. The van der Waals surface area contributed by atoms with Crippen molar-refractivity contribution < 1.29 is 46.5 Å². The number of carbonyl (C=O) groups excluding carboxylic acids is 3. The van der Waals surface area contributed by atoms with Crippen LogP contribution in [0.5, 0.6) is 11.5 Å². The van der Waals surface area contributed by atoms with Gasteiger partial charge in [0.1, 0.15) is 11.5 Å². The molecule has 1 heterocycles. The standard InChI is InChI=1S/C19H20F3N3O7/c1-29-17(27)7-13(8-18(28)30-2)25-10-12(9-23-25)24-16(26)11-31-14-3-5-15(6-4-14)32-19(20,21)22/h3-6,9-10,13H,7-8,11H2,1-2H3,(H,24,26). The van der Waals surface area contributed by atoms with E-state index in [1.165, 1.54) is 43.4 Å². The van der Waals surface area contributed by atoms with Gasteiger partial charge in [0, 0.05) is 6.20 Å². The van der Waals surface area contributed by atoms with Gasteiger partial charge in [0.25, 0.3) is 5.91 Å². The van der Waals surface area contributed by atoms with E-state index in [1.54, 1.807) is 0 Å². The van der Waals surface area contributed by atoms with Crippen LogP contribution in [0.25, 0.3) is 0 Å². The van der Waals surface area contributed by atoms with Gasteiger partial charge in [-0.2, -0.15) is 5.10 Å². The Morgan fingerprint density at radius 1 is 1.03 bits per heavy atom. The molecule has 0 saturated heterocycles. The van der Waals surface area contributed by atoms with E-state index in [-0.39, 0.29) is 24.3 Å². The summed E-state index contributed by atoms with van der Waals surface area (Å²) in [5, 5.41) is 6.55. The van der Waals surface area contributed by atoms with Crippen molar-refractivity contribution in [2.24, 2.45) is 0 Å². The van der Waals surface area contributed by atoms with E-state index in [4.69, 9.17) is 4.74 Å².